The maximum atomic E-state index is 11.9. The molecule has 5 rings (SSSR count). The molecule has 23 heavy (non-hydrogen) atoms. The third-order valence-electron chi connectivity index (χ3n) is 4.67. The summed E-state index contributed by atoms with van der Waals surface area (Å²) in [5, 5.41) is 15.7. The van der Waals surface area contributed by atoms with Crippen LogP contribution in [-0.2, 0) is 0 Å². The van der Waals surface area contributed by atoms with Crippen molar-refractivity contribution in [3.63, 3.8) is 0 Å². The topological polar surface area (TPSA) is 43.1 Å². The van der Waals surface area contributed by atoms with Crippen LogP contribution >= 0.6 is 0 Å². The van der Waals surface area contributed by atoms with Crippen molar-refractivity contribution < 1.29 is 4.92 Å². The number of nitrogens with zero attached hydrogens (tertiary/aromatic N) is 1. The van der Waals surface area contributed by atoms with Crippen molar-refractivity contribution in [2.75, 3.05) is 0 Å². The summed E-state index contributed by atoms with van der Waals surface area (Å²) in [6, 6.07) is 21.7. The first-order chi connectivity index (χ1) is 11.3. The fourth-order valence-corrected chi connectivity index (χ4v) is 3.78. The molecule has 1 aliphatic carbocycles. The lowest BCUT2D eigenvalue weighted by atomic mass is 9.96. The smallest absolute Gasteiger partial charge is 0.258 e. The third-order valence-corrected chi connectivity index (χ3v) is 4.67. The van der Waals surface area contributed by atoms with Crippen LogP contribution in [0.5, 0.6) is 0 Å². The highest BCUT2D eigenvalue weighted by atomic mass is 16.6. The summed E-state index contributed by atoms with van der Waals surface area (Å²) in [7, 11) is 0. The van der Waals surface area contributed by atoms with Crippen molar-refractivity contribution in [3.05, 3.63) is 76.8 Å². The third kappa shape index (κ3) is 1.48. The lowest BCUT2D eigenvalue weighted by Gasteiger charge is -2.07. The zero-order valence-electron chi connectivity index (χ0n) is 12.1. The first-order valence-electron chi connectivity index (χ1n) is 7.48. The van der Waals surface area contributed by atoms with Gasteiger partial charge in [0.05, 0.1) is 15.9 Å². The average molecular weight is 297 g/mol. The summed E-state index contributed by atoms with van der Waals surface area (Å²) in [5.74, 6) is 0. The molecule has 0 radical (unpaired) electrons. The van der Waals surface area contributed by atoms with E-state index in [-0.39, 0.29) is 10.6 Å². The van der Waals surface area contributed by atoms with Gasteiger partial charge in [0.15, 0.2) is 0 Å². The van der Waals surface area contributed by atoms with Gasteiger partial charge in [-0.05, 0) is 45.0 Å². The SMILES string of the molecule is O=[N+]([O-])c1c2c(cc3ccccc13)-c1cccc3cccc-2c13. The number of hydrogen-bond donors (Lipinski definition) is 0. The second kappa shape index (κ2) is 4.17. The Labute approximate surface area is 131 Å². The molecule has 4 aromatic carbocycles. The molecule has 0 amide bonds. The predicted molar refractivity (Wildman–Crippen MR) is 92.5 cm³/mol. The fraction of sp³-hybridized carbons (Fsp3) is 0. The van der Waals surface area contributed by atoms with Gasteiger partial charge in [0.1, 0.15) is 0 Å². The van der Waals surface area contributed by atoms with Gasteiger partial charge in [0.25, 0.3) is 5.69 Å². The first-order valence-corrected chi connectivity index (χ1v) is 7.48. The van der Waals surface area contributed by atoms with E-state index < -0.39 is 0 Å². The molecule has 0 bridgehead atoms. The van der Waals surface area contributed by atoms with E-state index in [1.54, 1.807) is 0 Å². The Morgan fingerprint density at radius 3 is 2.22 bits per heavy atom. The molecular formula is C20H11NO2. The first kappa shape index (κ1) is 12.4. The maximum absolute atomic E-state index is 11.9. The van der Waals surface area contributed by atoms with Crippen molar-refractivity contribution in [2.24, 2.45) is 0 Å². The molecule has 0 spiro atoms. The Hall–Kier alpha value is -3.20. The van der Waals surface area contributed by atoms with Gasteiger partial charge in [-0.1, -0.05) is 54.6 Å². The van der Waals surface area contributed by atoms with Crippen LogP contribution in [0.15, 0.2) is 66.7 Å². The van der Waals surface area contributed by atoms with E-state index >= 15 is 0 Å². The van der Waals surface area contributed by atoms with E-state index in [9.17, 15) is 10.1 Å². The van der Waals surface area contributed by atoms with Gasteiger partial charge in [0, 0.05) is 0 Å². The van der Waals surface area contributed by atoms with Crippen molar-refractivity contribution >= 4 is 27.2 Å². The molecule has 0 aromatic heterocycles. The Bertz CT molecular complexity index is 1140. The van der Waals surface area contributed by atoms with Crippen LogP contribution in [0, 0.1) is 10.1 Å². The molecule has 0 atom stereocenters. The highest BCUT2D eigenvalue weighted by molar-refractivity contribution is 6.20. The second-order valence-electron chi connectivity index (χ2n) is 5.84. The zero-order chi connectivity index (χ0) is 15.6. The van der Waals surface area contributed by atoms with Gasteiger partial charge in [-0.25, -0.2) is 0 Å². The molecule has 0 heterocycles. The van der Waals surface area contributed by atoms with Crippen LogP contribution in [0.2, 0.25) is 0 Å². The Morgan fingerprint density at radius 2 is 1.43 bits per heavy atom. The van der Waals surface area contributed by atoms with Gasteiger partial charge >= 0.3 is 0 Å². The maximum Gasteiger partial charge on any atom is 0.285 e. The van der Waals surface area contributed by atoms with Crippen LogP contribution in [0.4, 0.5) is 5.69 Å². The van der Waals surface area contributed by atoms with Gasteiger partial charge in [0.2, 0.25) is 0 Å². The number of rotatable bonds is 1. The largest absolute Gasteiger partial charge is 0.285 e. The lowest BCUT2D eigenvalue weighted by Crippen LogP contribution is -1.94. The molecule has 0 saturated carbocycles. The minimum Gasteiger partial charge on any atom is -0.258 e. The van der Waals surface area contributed by atoms with Gasteiger partial charge in [-0.3, -0.25) is 10.1 Å². The monoisotopic (exact) mass is 297 g/mol. The van der Waals surface area contributed by atoms with E-state index in [0.717, 1.165) is 38.4 Å². The van der Waals surface area contributed by atoms with E-state index in [1.165, 1.54) is 0 Å². The minimum absolute atomic E-state index is 0.210. The summed E-state index contributed by atoms with van der Waals surface area (Å²) in [4.78, 5) is 11.6. The van der Waals surface area contributed by atoms with E-state index in [4.69, 9.17) is 0 Å². The highest BCUT2D eigenvalue weighted by Gasteiger charge is 2.30. The number of nitro groups is 1. The minimum atomic E-state index is -0.244. The summed E-state index contributed by atoms with van der Waals surface area (Å²) in [6.45, 7) is 0. The Balaban J connectivity index is 2.08. The number of nitro benzene ring substituents is 1. The summed E-state index contributed by atoms with van der Waals surface area (Å²) in [6.07, 6.45) is 0. The van der Waals surface area contributed by atoms with Crippen LogP contribution in [-0.4, -0.2) is 4.92 Å². The van der Waals surface area contributed by atoms with E-state index in [0.29, 0.717) is 5.39 Å². The quantitative estimate of drug-likeness (QED) is 0.301. The predicted octanol–water partition coefficient (Wildman–Crippen LogP) is 5.55. The van der Waals surface area contributed by atoms with Crippen molar-refractivity contribution in [2.45, 2.75) is 0 Å². The summed E-state index contributed by atoms with van der Waals surface area (Å²) < 4.78 is 0. The van der Waals surface area contributed by atoms with Gasteiger partial charge < -0.3 is 0 Å². The molecule has 0 unspecified atom stereocenters. The van der Waals surface area contributed by atoms with Crippen molar-refractivity contribution in [3.8, 4) is 22.3 Å². The zero-order valence-corrected chi connectivity index (χ0v) is 12.1. The van der Waals surface area contributed by atoms with Gasteiger partial charge in [-0.15, -0.1) is 0 Å². The Morgan fingerprint density at radius 1 is 0.739 bits per heavy atom. The molecule has 0 N–H and O–H groups in total. The van der Waals surface area contributed by atoms with Crippen LogP contribution in [0.3, 0.4) is 0 Å². The standard InChI is InChI=1S/C20H11NO2/c22-21(23)20-14-8-2-1-5-13(14)11-17-15-9-3-6-12-7-4-10-16(18(12)15)19(17)20/h1-11H. The molecule has 4 aromatic rings. The molecule has 0 fully saturated rings. The normalized spacial score (nSPS) is 11.8. The number of fused-ring (bicyclic) bond motifs is 4. The highest BCUT2D eigenvalue weighted by Crippen LogP contribution is 2.52. The fourth-order valence-electron chi connectivity index (χ4n) is 3.78. The van der Waals surface area contributed by atoms with E-state index in [1.807, 2.05) is 42.5 Å². The number of hydrogen-bond acceptors (Lipinski definition) is 2. The number of benzene rings is 4. The summed E-state index contributed by atoms with van der Waals surface area (Å²) in [5.41, 5.74) is 3.97. The summed E-state index contributed by atoms with van der Waals surface area (Å²) >= 11 is 0. The average Bonchev–Trinajstić information content (AvgIpc) is 2.89. The molecule has 1 aliphatic rings. The van der Waals surface area contributed by atoms with Crippen molar-refractivity contribution in [1.29, 1.82) is 0 Å². The van der Waals surface area contributed by atoms with Crippen LogP contribution in [0.25, 0.3) is 43.8 Å². The van der Waals surface area contributed by atoms with E-state index in [2.05, 4.69) is 24.3 Å². The lowest BCUT2D eigenvalue weighted by molar-refractivity contribution is -0.382. The molecular weight excluding hydrogens is 286 g/mol. The Kier molecular flexibility index (Phi) is 2.24. The molecule has 108 valence electrons. The molecule has 3 nitrogen and oxygen atoms in total. The molecule has 0 saturated heterocycles. The molecule has 3 heteroatoms. The second-order valence-corrected chi connectivity index (χ2v) is 5.84. The van der Waals surface area contributed by atoms with Crippen molar-refractivity contribution in [1.82, 2.24) is 0 Å². The van der Waals surface area contributed by atoms with Gasteiger partial charge in [-0.2, -0.15) is 0 Å². The van der Waals surface area contributed by atoms with Crippen LogP contribution in [0.1, 0.15) is 0 Å². The van der Waals surface area contributed by atoms with Crippen LogP contribution < -0.4 is 0 Å². The molecule has 0 aliphatic heterocycles.